The second-order valence-electron chi connectivity index (χ2n) is 8.69. The predicted molar refractivity (Wildman–Crippen MR) is 103 cm³/mol. The van der Waals surface area contributed by atoms with E-state index in [0.29, 0.717) is 24.9 Å². The molecule has 0 aliphatic carbocycles. The Labute approximate surface area is 168 Å². The van der Waals surface area contributed by atoms with Crippen molar-refractivity contribution in [3.63, 3.8) is 0 Å². The molecular weight excluding hydrogens is 379 g/mol. The van der Waals surface area contributed by atoms with E-state index < -0.39 is 23.3 Å². The number of piperidine rings is 1. The number of benzene rings is 2. The lowest BCUT2D eigenvalue weighted by Gasteiger charge is -2.44. The average molecular weight is 404 g/mol. The van der Waals surface area contributed by atoms with Crippen LogP contribution in [0.2, 0.25) is 0 Å². The molecule has 6 heteroatoms. The normalized spacial score (nSPS) is 25.6. The molecule has 0 radical (unpaired) electrons. The summed E-state index contributed by atoms with van der Waals surface area (Å²) in [6, 6.07) is 10.1. The Balaban J connectivity index is 1.64. The quantitative estimate of drug-likeness (QED) is 0.554. The molecule has 0 spiro atoms. The van der Waals surface area contributed by atoms with Crippen LogP contribution in [-0.2, 0) is 15.2 Å². The van der Waals surface area contributed by atoms with Crippen LogP contribution in [0.3, 0.4) is 0 Å². The van der Waals surface area contributed by atoms with Gasteiger partial charge < -0.3 is 9.22 Å². The molecule has 3 atom stereocenters. The number of nitrogens with zero attached hydrogens (tertiary/aromatic N) is 1. The first kappa shape index (κ1) is 20.0. The summed E-state index contributed by atoms with van der Waals surface area (Å²) < 4.78 is 49.7. The Hall–Kier alpha value is -2.34. The zero-order valence-corrected chi connectivity index (χ0v) is 16.6. The molecule has 0 amide bonds. The fraction of sp³-hybridized carbons (Fsp3) is 0.435. The highest BCUT2D eigenvalue weighted by Gasteiger charge is 2.52. The van der Waals surface area contributed by atoms with E-state index in [-0.39, 0.29) is 17.2 Å². The number of alkyl halides is 1. The van der Waals surface area contributed by atoms with Crippen LogP contribution >= 0.6 is 0 Å². The Morgan fingerprint density at radius 3 is 1.72 bits per heavy atom. The average Bonchev–Trinajstić information content (AvgIpc) is 2.85. The molecule has 2 heterocycles. The maximum Gasteiger partial charge on any atom is 0.353 e. The topological polar surface area (TPSA) is 26.3 Å². The molecule has 2 bridgehead atoms. The van der Waals surface area contributed by atoms with Gasteiger partial charge in [0.1, 0.15) is 17.7 Å². The van der Waals surface area contributed by atoms with E-state index in [2.05, 4.69) is 14.1 Å². The molecule has 4 rings (SSSR count). The molecule has 154 valence electrons. The van der Waals surface area contributed by atoms with E-state index in [4.69, 9.17) is 4.74 Å². The van der Waals surface area contributed by atoms with Crippen molar-refractivity contribution in [3.8, 4) is 0 Å². The van der Waals surface area contributed by atoms with Crippen LogP contribution in [0.5, 0.6) is 0 Å². The third-order valence-electron chi connectivity index (χ3n) is 6.82. The van der Waals surface area contributed by atoms with Crippen molar-refractivity contribution in [1.82, 2.24) is 0 Å². The lowest BCUT2D eigenvalue weighted by Crippen LogP contribution is -2.56. The molecule has 2 aromatic rings. The van der Waals surface area contributed by atoms with Crippen LogP contribution in [0.15, 0.2) is 48.5 Å². The lowest BCUT2D eigenvalue weighted by atomic mass is 9.87. The highest BCUT2D eigenvalue weighted by molar-refractivity contribution is 5.85. The molecule has 2 aliphatic rings. The van der Waals surface area contributed by atoms with E-state index in [1.807, 2.05) is 0 Å². The van der Waals surface area contributed by atoms with E-state index >= 15 is 4.39 Å². The molecule has 3 nitrogen and oxygen atoms in total. The minimum absolute atomic E-state index is 0.0367. The first-order chi connectivity index (χ1) is 13.7. The summed E-state index contributed by atoms with van der Waals surface area (Å²) in [5.74, 6) is -2.10. The van der Waals surface area contributed by atoms with Crippen molar-refractivity contribution in [3.05, 3.63) is 71.3 Å². The van der Waals surface area contributed by atoms with Crippen molar-refractivity contribution >= 4 is 5.97 Å². The van der Waals surface area contributed by atoms with Gasteiger partial charge in [0.15, 0.2) is 0 Å². The smallest absolute Gasteiger partial charge is 0.353 e. The number of ether oxygens (including phenoxy) is 1. The highest BCUT2D eigenvalue weighted by atomic mass is 19.1. The van der Waals surface area contributed by atoms with Gasteiger partial charge in [-0.15, -0.1) is 0 Å². The number of rotatable bonds is 4. The van der Waals surface area contributed by atoms with Crippen molar-refractivity contribution < 1.29 is 27.2 Å². The van der Waals surface area contributed by atoms with Crippen molar-refractivity contribution in [2.75, 3.05) is 14.1 Å². The summed E-state index contributed by atoms with van der Waals surface area (Å²) >= 11 is 0. The zero-order valence-electron chi connectivity index (χ0n) is 16.6. The van der Waals surface area contributed by atoms with Gasteiger partial charge in [-0.05, 0) is 24.3 Å². The largest absolute Gasteiger partial charge is 0.459 e. The van der Waals surface area contributed by atoms with Crippen LogP contribution in [0, 0.1) is 11.6 Å². The van der Waals surface area contributed by atoms with Gasteiger partial charge in [0, 0.05) is 36.8 Å². The van der Waals surface area contributed by atoms with Crippen LogP contribution < -0.4 is 0 Å². The molecule has 2 fully saturated rings. The second-order valence-corrected chi connectivity index (χ2v) is 8.69. The maximum absolute atomic E-state index is 16.3. The minimum Gasteiger partial charge on any atom is -0.459 e. The van der Waals surface area contributed by atoms with Crippen molar-refractivity contribution in [1.29, 1.82) is 0 Å². The summed E-state index contributed by atoms with van der Waals surface area (Å²) in [7, 11) is 4.38. The third-order valence-corrected chi connectivity index (χ3v) is 6.82. The maximum atomic E-state index is 16.3. The van der Waals surface area contributed by atoms with Gasteiger partial charge in [0.25, 0.3) is 5.67 Å². The number of esters is 1. The summed E-state index contributed by atoms with van der Waals surface area (Å²) in [4.78, 5) is 13.1. The van der Waals surface area contributed by atoms with Gasteiger partial charge in [0.2, 0.25) is 0 Å². The monoisotopic (exact) mass is 404 g/mol. The van der Waals surface area contributed by atoms with Gasteiger partial charge in [-0.3, -0.25) is 0 Å². The van der Waals surface area contributed by atoms with Crippen LogP contribution in [0.25, 0.3) is 0 Å². The summed E-state index contributed by atoms with van der Waals surface area (Å²) in [5.41, 5.74) is -2.71. The number of carbonyl (C=O) groups is 1. The van der Waals surface area contributed by atoms with Crippen LogP contribution in [0.1, 0.15) is 36.8 Å². The Kier molecular flexibility index (Phi) is 4.93. The number of quaternary nitrogens is 1. The first-order valence-corrected chi connectivity index (χ1v) is 9.96. The van der Waals surface area contributed by atoms with Gasteiger partial charge in [-0.25, -0.2) is 18.0 Å². The molecule has 2 aromatic carbocycles. The van der Waals surface area contributed by atoms with Gasteiger partial charge in [-0.2, -0.15) is 0 Å². The minimum atomic E-state index is -2.64. The molecule has 0 saturated carbocycles. The molecule has 29 heavy (non-hydrogen) atoms. The SMILES string of the molecule is C[N+]1(C)C2CC[C@@H]1CC(OC(=O)C(F)(c1ccc(F)cc1)c1ccc(F)cc1)C2. The second kappa shape index (κ2) is 7.17. The van der Waals surface area contributed by atoms with E-state index in [0.717, 1.165) is 41.6 Å². The lowest BCUT2D eigenvalue weighted by molar-refractivity contribution is -0.931. The number of hydrogen-bond donors (Lipinski definition) is 0. The highest BCUT2D eigenvalue weighted by Crippen LogP contribution is 2.42. The summed E-state index contributed by atoms with van der Waals surface area (Å²) in [6.45, 7) is 0. The van der Waals surface area contributed by atoms with E-state index in [1.165, 1.54) is 24.3 Å². The number of hydrogen-bond acceptors (Lipinski definition) is 2. The summed E-state index contributed by atoms with van der Waals surface area (Å²) in [5, 5.41) is 0. The van der Waals surface area contributed by atoms with E-state index in [9.17, 15) is 13.6 Å². The Morgan fingerprint density at radius 2 is 1.31 bits per heavy atom. The third kappa shape index (κ3) is 3.44. The van der Waals surface area contributed by atoms with Gasteiger partial charge in [-0.1, -0.05) is 24.3 Å². The van der Waals surface area contributed by atoms with Crippen LogP contribution in [0.4, 0.5) is 13.2 Å². The molecule has 0 aromatic heterocycles. The zero-order chi connectivity index (χ0) is 20.8. The first-order valence-electron chi connectivity index (χ1n) is 9.96. The molecule has 2 aliphatic heterocycles. The molecule has 2 unspecified atom stereocenters. The van der Waals surface area contributed by atoms with Gasteiger partial charge >= 0.3 is 5.97 Å². The van der Waals surface area contributed by atoms with Crippen LogP contribution in [-0.4, -0.2) is 42.7 Å². The molecule has 2 saturated heterocycles. The van der Waals surface area contributed by atoms with Crippen molar-refractivity contribution in [2.24, 2.45) is 0 Å². The van der Waals surface area contributed by atoms with E-state index in [1.54, 1.807) is 0 Å². The molecule has 0 N–H and O–H groups in total. The number of halogens is 3. The van der Waals surface area contributed by atoms with Crippen molar-refractivity contribution in [2.45, 2.75) is 49.5 Å². The Bertz CT molecular complexity index is 834. The fourth-order valence-electron chi connectivity index (χ4n) is 4.92. The standard InChI is InChI=1S/C23H25F3NO2/c1-27(2)19-11-12-20(27)14-21(13-19)29-22(28)23(26,15-3-7-17(24)8-4-15)16-5-9-18(25)10-6-16/h3-10,19-21H,11-14H2,1-2H3/q+1/t19-,20?,21?/m1/s1. The predicted octanol–water partition coefficient (Wildman–Crippen LogP) is 4.49. The van der Waals surface area contributed by atoms with Gasteiger partial charge in [0.05, 0.1) is 26.2 Å². The number of carbonyl (C=O) groups excluding carboxylic acids is 1. The fourth-order valence-corrected chi connectivity index (χ4v) is 4.92. The summed E-state index contributed by atoms with van der Waals surface area (Å²) in [6.07, 6.45) is 3.17. The molecular formula is C23H25F3NO2+. The number of fused-ring (bicyclic) bond motifs is 2. The Morgan fingerprint density at radius 1 is 0.897 bits per heavy atom.